The molecule has 4 rings (SSSR count). The van der Waals surface area contributed by atoms with Crippen LogP contribution < -0.4 is 14.2 Å². The highest BCUT2D eigenvalue weighted by molar-refractivity contribution is 8.00. The number of nitrogens with zero attached hydrogens (tertiary/aromatic N) is 1. The van der Waals surface area contributed by atoms with Gasteiger partial charge in [-0.1, -0.05) is 39.3 Å². The Morgan fingerprint density at radius 2 is 2.05 bits per heavy atom. The van der Waals surface area contributed by atoms with E-state index in [1.807, 2.05) is 6.07 Å². The van der Waals surface area contributed by atoms with Crippen LogP contribution in [0.4, 0.5) is 14.5 Å². The van der Waals surface area contributed by atoms with Crippen molar-refractivity contribution in [3.8, 4) is 22.1 Å². The van der Waals surface area contributed by atoms with Gasteiger partial charge in [-0.05, 0) is 55.2 Å². The van der Waals surface area contributed by atoms with Crippen LogP contribution >= 0.6 is 23.3 Å². The standard InChI is InChI=1S/C30H34F2N2O4S2/c1-5-6-13-38-28-20(19-9-7-18(8-10-19)17(2)3)11-12-21(27(28)32)29-33-26(16-39-29)40-34-24-15-23(31)22(30(35)36)14-25(24)37-4/h9,11-12,14-18,34H,5-8,10,13H2,1-4H3,(H,35,36). The molecule has 214 valence electrons. The van der Waals surface area contributed by atoms with Gasteiger partial charge in [0, 0.05) is 29.0 Å². The van der Waals surface area contributed by atoms with Crippen molar-refractivity contribution >= 4 is 40.5 Å². The van der Waals surface area contributed by atoms with Crippen LogP contribution in [0.25, 0.3) is 16.1 Å². The highest BCUT2D eigenvalue weighted by atomic mass is 32.2. The second-order valence-corrected chi connectivity index (χ2v) is 11.7. The molecule has 10 heteroatoms. The molecule has 0 saturated carbocycles. The second kappa shape index (κ2) is 13.5. The van der Waals surface area contributed by atoms with Gasteiger partial charge in [-0.3, -0.25) is 0 Å². The van der Waals surface area contributed by atoms with Gasteiger partial charge < -0.3 is 19.3 Å². The minimum Gasteiger partial charge on any atom is -0.495 e. The molecule has 0 aliphatic heterocycles. The predicted octanol–water partition coefficient (Wildman–Crippen LogP) is 8.93. The van der Waals surface area contributed by atoms with Gasteiger partial charge >= 0.3 is 5.97 Å². The minimum absolute atomic E-state index is 0.175. The van der Waals surface area contributed by atoms with E-state index in [1.54, 1.807) is 11.4 Å². The molecule has 0 saturated heterocycles. The van der Waals surface area contributed by atoms with E-state index in [9.17, 15) is 9.18 Å². The number of allylic oxidation sites excluding steroid dienone is 2. The zero-order valence-electron chi connectivity index (χ0n) is 23.1. The second-order valence-electron chi connectivity index (χ2n) is 10.0. The molecule has 3 aromatic rings. The van der Waals surface area contributed by atoms with Crippen molar-refractivity contribution in [2.24, 2.45) is 11.8 Å². The Hall–Kier alpha value is -3.11. The Morgan fingerprint density at radius 1 is 1.27 bits per heavy atom. The fraction of sp³-hybridized carbons (Fsp3) is 0.400. The average molecular weight is 589 g/mol. The zero-order chi connectivity index (χ0) is 28.8. The number of hydrogen-bond donors (Lipinski definition) is 2. The van der Waals surface area contributed by atoms with Crippen LogP contribution in [0.15, 0.2) is 40.7 Å². The van der Waals surface area contributed by atoms with Gasteiger partial charge in [-0.15, -0.1) is 11.3 Å². The molecule has 0 bridgehead atoms. The first-order valence-corrected chi connectivity index (χ1v) is 15.1. The number of unbranched alkanes of at least 4 members (excludes halogenated alkanes) is 1. The average Bonchev–Trinajstić information content (AvgIpc) is 3.41. The van der Waals surface area contributed by atoms with Crippen LogP contribution in [0.2, 0.25) is 0 Å². The molecule has 1 unspecified atom stereocenters. The van der Waals surface area contributed by atoms with E-state index in [4.69, 9.17) is 14.6 Å². The van der Waals surface area contributed by atoms with Crippen molar-refractivity contribution in [2.75, 3.05) is 18.4 Å². The van der Waals surface area contributed by atoms with E-state index in [2.05, 4.69) is 36.6 Å². The van der Waals surface area contributed by atoms with Gasteiger partial charge in [0.15, 0.2) is 11.6 Å². The number of rotatable bonds is 12. The Kier molecular flexibility index (Phi) is 10.1. The van der Waals surface area contributed by atoms with Crippen LogP contribution in [0.3, 0.4) is 0 Å². The zero-order valence-corrected chi connectivity index (χ0v) is 24.7. The molecule has 1 heterocycles. The Balaban J connectivity index is 1.57. The van der Waals surface area contributed by atoms with Crippen LogP contribution in [-0.4, -0.2) is 29.8 Å². The number of aromatic nitrogens is 1. The predicted molar refractivity (Wildman–Crippen MR) is 157 cm³/mol. The lowest BCUT2D eigenvalue weighted by atomic mass is 9.80. The van der Waals surface area contributed by atoms with Crippen molar-refractivity contribution in [3.05, 3.63) is 58.5 Å². The highest BCUT2D eigenvalue weighted by Gasteiger charge is 2.24. The summed E-state index contributed by atoms with van der Waals surface area (Å²) < 4.78 is 44.4. The number of benzene rings is 2. The summed E-state index contributed by atoms with van der Waals surface area (Å²) in [5.74, 6) is -0.981. The van der Waals surface area contributed by atoms with Gasteiger partial charge in [0.2, 0.25) is 0 Å². The third kappa shape index (κ3) is 6.78. The molecule has 1 atom stereocenters. The molecule has 0 fully saturated rings. The van der Waals surface area contributed by atoms with Crippen LogP contribution in [0.5, 0.6) is 11.5 Å². The molecule has 1 aromatic heterocycles. The number of carboxylic acid groups (broad SMARTS) is 1. The lowest BCUT2D eigenvalue weighted by Gasteiger charge is -2.26. The van der Waals surface area contributed by atoms with E-state index in [0.717, 1.165) is 67.3 Å². The SMILES string of the molecule is CCCCOc1c(C2=CCC(C(C)C)CC2)ccc(-c2nc(SNc3cc(F)c(C(=O)O)cc3OC)cs2)c1F. The van der Waals surface area contributed by atoms with Crippen molar-refractivity contribution in [2.45, 2.75) is 57.9 Å². The summed E-state index contributed by atoms with van der Waals surface area (Å²) >= 11 is 2.38. The minimum atomic E-state index is -1.38. The lowest BCUT2D eigenvalue weighted by molar-refractivity contribution is 0.0691. The van der Waals surface area contributed by atoms with Crippen molar-refractivity contribution < 1.29 is 28.2 Å². The Morgan fingerprint density at radius 3 is 2.70 bits per heavy atom. The molecule has 0 radical (unpaired) electrons. The summed E-state index contributed by atoms with van der Waals surface area (Å²) in [5.41, 5.74) is 2.07. The summed E-state index contributed by atoms with van der Waals surface area (Å²) in [5, 5.41) is 11.9. The fourth-order valence-corrected chi connectivity index (χ4v) is 6.25. The molecular formula is C30H34F2N2O4S2. The molecule has 2 N–H and O–H groups in total. The van der Waals surface area contributed by atoms with Crippen molar-refractivity contribution in [3.63, 3.8) is 0 Å². The quantitative estimate of drug-likeness (QED) is 0.161. The smallest absolute Gasteiger partial charge is 0.338 e. The summed E-state index contributed by atoms with van der Waals surface area (Å²) in [7, 11) is 1.37. The van der Waals surface area contributed by atoms with Gasteiger partial charge in [0.05, 0.1) is 30.5 Å². The van der Waals surface area contributed by atoms with E-state index in [1.165, 1.54) is 18.4 Å². The number of methoxy groups -OCH3 is 1. The topological polar surface area (TPSA) is 80.7 Å². The first kappa shape index (κ1) is 29.9. The molecule has 1 aliphatic carbocycles. The Labute approximate surface area is 242 Å². The van der Waals surface area contributed by atoms with Gasteiger partial charge in [0.1, 0.15) is 21.6 Å². The number of carboxylic acids is 1. The number of anilines is 1. The molecular weight excluding hydrogens is 554 g/mol. The first-order valence-electron chi connectivity index (χ1n) is 13.4. The third-order valence-corrected chi connectivity index (χ3v) is 8.85. The van der Waals surface area contributed by atoms with Gasteiger partial charge in [0.25, 0.3) is 0 Å². The normalized spacial score (nSPS) is 15.2. The number of hydrogen-bond acceptors (Lipinski definition) is 7. The van der Waals surface area contributed by atoms with E-state index < -0.39 is 23.2 Å². The molecule has 2 aromatic carbocycles. The fourth-order valence-electron chi connectivity index (χ4n) is 4.64. The Bertz CT molecular complexity index is 1390. The number of ether oxygens (including phenoxy) is 2. The largest absolute Gasteiger partial charge is 0.495 e. The molecule has 6 nitrogen and oxygen atoms in total. The molecule has 1 aliphatic rings. The van der Waals surface area contributed by atoms with Crippen LogP contribution in [0, 0.1) is 23.5 Å². The summed E-state index contributed by atoms with van der Waals surface area (Å²) in [6, 6.07) is 5.88. The third-order valence-electron chi connectivity index (χ3n) is 7.08. The highest BCUT2D eigenvalue weighted by Crippen LogP contribution is 2.42. The van der Waals surface area contributed by atoms with Gasteiger partial charge in [-0.25, -0.2) is 18.6 Å². The maximum Gasteiger partial charge on any atom is 0.338 e. The molecule has 0 amide bonds. The maximum atomic E-state index is 16.0. The van der Waals surface area contributed by atoms with E-state index in [-0.39, 0.29) is 17.2 Å². The summed E-state index contributed by atoms with van der Waals surface area (Å²) in [4.78, 5) is 15.8. The first-order chi connectivity index (χ1) is 19.2. The lowest BCUT2D eigenvalue weighted by Crippen LogP contribution is -2.12. The van der Waals surface area contributed by atoms with Crippen LogP contribution in [-0.2, 0) is 0 Å². The number of carbonyl (C=O) groups is 1. The van der Waals surface area contributed by atoms with E-state index >= 15 is 4.39 Å². The number of thiazole rings is 1. The van der Waals surface area contributed by atoms with Crippen LogP contribution in [0.1, 0.15) is 68.8 Å². The molecule has 0 spiro atoms. The number of halogens is 2. The van der Waals surface area contributed by atoms with Crippen molar-refractivity contribution in [1.29, 1.82) is 0 Å². The number of nitrogens with one attached hydrogen (secondary N) is 1. The maximum absolute atomic E-state index is 16.0. The van der Waals surface area contributed by atoms with Gasteiger partial charge in [-0.2, -0.15) is 0 Å². The number of aromatic carboxylic acids is 1. The summed E-state index contributed by atoms with van der Waals surface area (Å²) in [6.07, 6.45) is 6.97. The van der Waals surface area contributed by atoms with E-state index in [0.29, 0.717) is 34.0 Å². The molecule has 40 heavy (non-hydrogen) atoms. The summed E-state index contributed by atoms with van der Waals surface area (Å²) in [6.45, 7) is 7.00. The monoisotopic (exact) mass is 588 g/mol. The van der Waals surface area contributed by atoms with Crippen molar-refractivity contribution in [1.82, 2.24) is 4.98 Å².